The van der Waals surface area contributed by atoms with Gasteiger partial charge in [-0.3, -0.25) is 0 Å². The van der Waals surface area contributed by atoms with Crippen LogP contribution in [0.5, 0.6) is 0 Å². The maximum absolute atomic E-state index is 13.4. The van der Waals surface area contributed by atoms with Crippen molar-refractivity contribution in [1.29, 1.82) is 5.26 Å². The fraction of sp³-hybridized carbons (Fsp3) is 0.0769. The Morgan fingerprint density at radius 1 is 1.39 bits per heavy atom. The summed E-state index contributed by atoms with van der Waals surface area (Å²) in [6, 6.07) is 10.1. The second-order valence-electron chi connectivity index (χ2n) is 3.73. The molecular weight excluding hydrogens is 297 g/mol. The van der Waals surface area contributed by atoms with Crippen LogP contribution in [0.2, 0.25) is 0 Å². The lowest BCUT2D eigenvalue weighted by molar-refractivity contribution is 0.621. The molecular formula is C13H9BrFN3. The molecule has 0 atom stereocenters. The summed E-state index contributed by atoms with van der Waals surface area (Å²) in [5, 5.41) is 11.7. The summed E-state index contributed by atoms with van der Waals surface area (Å²) in [6.45, 7) is 1.86. The number of nitriles is 1. The van der Waals surface area contributed by atoms with Crippen molar-refractivity contribution in [2.24, 2.45) is 0 Å². The number of benzene rings is 1. The number of aryl methyl sites for hydroxylation is 1. The number of hydrogen-bond acceptors (Lipinski definition) is 3. The van der Waals surface area contributed by atoms with E-state index in [2.05, 4.69) is 26.2 Å². The first-order chi connectivity index (χ1) is 8.60. The van der Waals surface area contributed by atoms with Gasteiger partial charge in [-0.25, -0.2) is 9.37 Å². The van der Waals surface area contributed by atoms with Crippen LogP contribution < -0.4 is 5.32 Å². The summed E-state index contributed by atoms with van der Waals surface area (Å²) >= 11 is 3.13. The van der Waals surface area contributed by atoms with Crippen LogP contribution in [0, 0.1) is 24.1 Å². The smallest absolute Gasteiger partial charge is 0.142 e. The lowest BCUT2D eigenvalue weighted by Crippen LogP contribution is -1.98. The van der Waals surface area contributed by atoms with Crippen LogP contribution in [0.15, 0.2) is 34.8 Å². The molecule has 1 heterocycles. The van der Waals surface area contributed by atoms with Crippen molar-refractivity contribution in [2.45, 2.75) is 6.92 Å². The topological polar surface area (TPSA) is 48.7 Å². The van der Waals surface area contributed by atoms with E-state index < -0.39 is 0 Å². The average Bonchev–Trinajstić information content (AvgIpc) is 2.36. The van der Waals surface area contributed by atoms with Gasteiger partial charge >= 0.3 is 0 Å². The lowest BCUT2D eigenvalue weighted by Gasteiger charge is -2.09. The molecule has 0 spiro atoms. The molecule has 90 valence electrons. The SMILES string of the molecule is Cc1cc(Br)c(F)cc1Nc1cccc(C#N)n1. The van der Waals surface area contributed by atoms with E-state index in [9.17, 15) is 4.39 Å². The summed E-state index contributed by atoms with van der Waals surface area (Å²) in [4.78, 5) is 4.07. The fourth-order valence-electron chi connectivity index (χ4n) is 1.49. The second kappa shape index (κ2) is 5.15. The molecule has 1 N–H and O–H groups in total. The van der Waals surface area contributed by atoms with Crippen LogP contribution in [0.4, 0.5) is 15.9 Å². The molecule has 2 rings (SSSR count). The first-order valence-electron chi connectivity index (χ1n) is 5.20. The minimum absolute atomic E-state index is 0.315. The molecule has 3 nitrogen and oxygen atoms in total. The molecule has 0 fully saturated rings. The standard InChI is InChI=1S/C13H9BrFN3/c1-8-5-10(14)11(15)6-12(8)18-13-4-2-3-9(7-16)17-13/h2-6H,1H3,(H,17,18). The Morgan fingerprint density at radius 2 is 2.17 bits per heavy atom. The Morgan fingerprint density at radius 3 is 2.89 bits per heavy atom. The Kier molecular flexibility index (Phi) is 3.58. The Bertz CT molecular complexity index is 635. The van der Waals surface area contributed by atoms with Gasteiger partial charge in [0, 0.05) is 5.69 Å². The number of hydrogen-bond donors (Lipinski definition) is 1. The molecule has 0 aliphatic carbocycles. The largest absolute Gasteiger partial charge is 0.340 e. The number of nitrogens with one attached hydrogen (secondary N) is 1. The number of rotatable bonds is 2. The van der Waals surface area contributed by atoms with Gasteiger partial charge in [0.15, 0.2) is 0 Å². The second-order valence-corrected chi connectivity index (χ2v) is 4.58. The average molecular weight is 306 g/mol. The highest BCUT2D eigenvalue weighted by Crippen LogP contribution is 2.26. The van der Waals surface area contributed by atoms with Gasteiger partial charge in [-0.1, -0.05) is 6.07 Å². The van der Waals surface area contributed by atoms with Crippen molar-refractivity contribution in [3.8, 4) is 6.07 Å². The molecule has 0 saturated heterocycles. The van der Waals surface area contributed by atoms with Crippen LogP contribution >= 0.6 is 15.9 Å². The first kappa shape index (κ1) is 12.5. The van der Waals surface area contributed by atoms with E-state index in [4.69, 9.17) is 5.26 Å². The Hall–Kier alpha value is -1.93. The summed E-state index contributed by atoms with van der Waals surface area (Å²) in [5.74, 6) is 0.165. The van der Waals surface area contributed by atoms with E-state index in [-0.39, 0.29) is 5.82 Å². The highest BCUT2D eigenvalue weighted by atomic mass is 79.9. The molecule has 0 unspecified atom stereocenters. The van der Waals surface area contributed by atoms with E-state index in [0.29, 0.717) is 21.7 Å². The number of nitrogens with zero attached hydrogens (tertiary/aromatic N) is 2. The van der Waals surface area contributed by atoms with Crippen molar-refractivity contribution in [2.75, 3.05) is 5.32 Å². The summed E-state index contributed by atoms with van der Waals surface area (Å²) in [5.41, 5.74) is 1.82. The van der Waals surface area contributed by atoms with E-state index >= 15 is 0 Å². The number of pyridine rings is 1. The van der Waals surface area contributed by atoms with Crippen LogP contribution in [0.25, 0.3) is 0 Å². The van der Waals surface area contributed by atoms with E-state index in [0.717, 1.165) is 5.56 Å². The van der Waals surface area contributed by atoms with Gasteiger partial charge in [0.1, 0.15) is 23.4 Å². The number of anilines is 2. The van der Waals surface area contributed by atoms with Crippen LogP contribution in [-0.2, 0) is 0 Å². The maximum Gasteiger partial charge on any atom is 0.142 e. The minimum Gasteiger partial charge on any atom is -0.340 e. The van der Waals surface area contributed by atoms with Crippen molar-refractivity contribution >= 4 is 27.4 Å². The highest BCUT2D eigenvalue weighted by Gasteiger charge is 2.06. The fourth-order valence-corrected chi connectivity index (χ4v) is 1.94. The van der Waals surface area contributed by atoms with Gasteiger partial charge in [0.05, 0.1) is 4.47 Å². The molecule has 2 aromatic rings. The molecule has 5 heteroatoms. The first-order valence-corrected chi connectivity index (χ1v) is 5.99. The van der Waals surface area contributed by atoms with Gasteiger partial charge in [-0.05, 0) is 52.7 Å². The highest BCUT2D eigenvalue weighted by molar-refractivity contribution is 9.10. The lowest BCUT2D eigenvalue weighted by atomic mass is 10.2. The molecule has 1 aromatic heterocycles. The van der Waals surface area contributed by atoms with Crippen LogP contribution in [-0.4, -0.2) is 4.98 Å². The van der Waals surface area contributed by atoms with Crippen molar-refractivity contribution in [1.82, 2.24) is 4.98 Å². The predicted molar refractivity (Wildman–Crippen MR) is 71.1 cm³/mol. The number of aromatic nitrogens is 1. The van der Waals surface area contributed by atoms with Crippen molar-refractivity contribution in [3.63, 3.8) is 0 Å². The Labute approximate surface area is 112 Å². The molecule has 0 saturated carbocycles. The predicted octanol–water partition coefficient (Wildman–Crippen LogP) is 3.91. The monoisotopic (exact) mass is 305 g/mol. The van der Waals surface area contributed by atoms with Crippen LogP contribution in [0.1, 0.15) is 11.3 Å². The third kappa shape index (κ3) is 2.66. The van der Waals surface area contributed by atoms with Crippen molar-refractivity contribution < 1.29 is 4.39 Å². The zero-order valence-electron chi connectivity index (χ0n) is 9.54. The van der Waals surface area contributed by atoms with Gasteiger partial charge in [0.25, 0.3) is 0 Å². The van der Waals surface area contributed by atoms with E-state index in [1.165, 1.54) is 6.07 Å². The summed E-state index contributed by atoms with van der Waals surface area (Å²) in [7, 11) is 0. The van der Waals surface area contributed by atoms with Gasteiger partial charge in [-0.2, -0.15) is 5.26 Å². The van der Waals surface area contributed by atoms with E-state index in [1.54, 1.807) is 24.3 Å². The zero-order chi connectivity index (χ0) is 13.1. The maximum atomic E-state index is 13.4. The summed E-state index contributed by atoms with van der Waals surface area (Å²) in [6.07, 6.45) is 0. The molecule has 18 heavy (non-hydrogen) atoms. The van der Waals surface area contributed by atoms with Gasteiger partial charge in [0.2, 0.25) is 0 Å². The van der Waals surface area contributed by atoms with Crippen LogP contribution in [0.3, 0.4) is 0 Å². The molecule has 0 aliphatic heterocycles. The normalized spacial score (nSPS) is 9.89. The molecule has 0 radical (unpaired) electrons. The number of halogens is 2. The van der Waals surface area contributed by atoms with Crippen molar-refractivity contribution in [3.05, 3.63) is 51.9 Å². The molecule has 0 bridgehead atoms. The third-order valence-corrected chi connectivity index (χ3v) is 3.00. The van der Waals surface area contributed by atoms with Gasteiger partial charge in [-0.15, -0.1) is 0 Å². The molecule has 0 amide bonds. The Balaban J connectivity index is 2.34. The quantitative estimate of drug-likeness (QED) is 0.915. The van der Waals surface area contributed by atoms with Gasteiger partial charge < -0.3 is 5.32 Å². The summed E-state index contributed by atoms with van der Waals surface area (Å²) < 4.78 is 13.9. The third-order valence-electron chi connectivity index (χ3n) is 2.39. The molecule has 1 aromatic carbocycles. The molecule has 0 aliphatic rings. The van der Waals surface area contributed by atoms with E-state index in [1.807, 2.05) is 13.0 Å². The minimum atomic E-state index is -0.348. The zero-order valence-corrected chi connectivity index (χ0v) is 11.1.